The van der Waals surface area contributed by atoms with Gasteiger partial charge in [0, 0.05) is 18.3 Å². The highest BCUT2D eigenvalue weighted by Gasteiger charge is 2.14. The second-order valence-electron chi connectivity index (χ2n) is 4.29. The number of rotatable bonds is 3. The van der Waals surface area contributed by atoms with E-state index in [4.69, 9.17) is 0 Å². The summed E-state index contributed by atoms with van der Waals surface area (Å²) in [6, 6.07) is 8.64. The maximum absolute atomic E-state index is 4.60. The van der Waals surface area contributed by atoms with Crippen LogP contribution in [0.5, 0.6) is 0 Å². The van der Waals surface area contributed by atoms with E-state index in [1.807, 2.05) is 42.2 Å². The minimum absolute atomic E-state index is 0.647. The predicted molar refractivity (Wildman–Crippen MR) is 72.1 cm³/mol. The van der Waals surface area contributed by atoms with Gasteiger partial charge in [0.15, 0.2) is 0 Å². The van der Waals surface area contributed by atoms with Gasteiger partial charge < -0.3 is 5.32 Å². The fourth-order valence-corrected chi connectivity index (χ4v) is 3.21. The molecule has 3 nitrogen and oxygen atoms in total. The number of fused-ring (bicyclic) bond motifs is 1. The van der Waals surface area contributed by atoms with Gasteiger partial charge in [-0.05, 0) is 24.3 Å². The van der Waals surface area contributed by atoms with Crippen LogP contribution in [0.25, 0.3) is 11.0 Å². The summed E-state index contributed by atoms with van der Waals surface area (Å²) in [5, 5.41) is 3.54. The molecule has 1 aliphatic rings. The first-order valence-electron chi connectivity index (χ1n) is 5.93. The number of aromatic nitrogens is 2. The Bertz CT molecular complexity index is 509. The molecule has 1 aromatic heterocycles. The Balaban J connectivity index is 1.72. The Hall–Kier alpha value is -1.13. The summed E-state index contributed by atoms with van der Waals surface area (Å²) in [7, 11) is 0. The molecule has 0 radical (unpaired) electrons. The van der Waals surface area contributed by atoms with Crippen LogP contribution in [0.1, 0.15) is 12.1 Å². The van der Waals surface area contributed by atoms with Crippen molar-refractivity contribution in [2.45, 2.75) is 19.0 Å². The lowest BCUT2D eigenvalue weighted by Crippen LogP contribution is -2.28. The lowest BCUT2D eigenvalue weighted by molar-refractivity contribution is 0.552. The van der Waals surface area contributed by atoms with Crippen LogP contribution in [-0.4, -0.2) is 27.5 Å². The van der Waals surface area contributed by atoms with Gasteiger partial charge in [-0.25, -0.2) is 4.98 Å². The summed E-state index contributed by atoms with van der Waals surface area (Å²) >= 11 is 2.02. The van der Waals surface area contributed by atoms with Gasteiger partial charge in [-0.2, -0.15) is 11.8 Å². The first-order chi connectivity index (χ1) is 8.42. The van der Waals surface area contributed by atoms with Crippen molar-refractivity contribution in [1.29, 1.82) is 0 Å². The van der Waals surface area contributed by atoms with E-state index in [1.54, 1.807) is 0 Å². The number of benzene rings is 1. The first kappa shape index (κ1) is 11.0. The van der Waals surface area contributed by atoms with Crippen molar-refractivity contribution in [3.63, 3.8) is 0 Å². The molecule has 88 valence electrons. The summed E-state index contributed by atoms with van der Waals surface area (Å²) < 4.78 is 0. The number of nitrogens with zero attached hydrogens (tertiary/aromatic N) is 2. The monoisotopic (exact) mass is 245 g/mol. The number of thioether (sulfide) groups is 1. The molecule has 0 spiro atoms. The molecule has 0 saturated carbocycles. The summed E-state index contributed by atoms with van der Waals surface area (Å²) in [5.74, 6) is 2.50. The Morgan fingerprint density at radius 1 is 1.29 bits per heavy atom. The summed E-state index contributed by atoms with van der Waals surface area (Å²) in [4.78, 5) is 9.02. The Morgan fingerprint density at radius 3 is 3.00 bits per heavy atom. The molecule has 1 saturated heterocycles. The molecular formula is C13H15N3S. The van der Waals surface area contributed by atoms with E-state index < -0.39 is 0 Å². The smallest absolute Gasteiger partial charge is 0.0890 e. The van der Waals surface area contributed by atoms with Crippen molar-refractivity contribution in [2.75, 3.05) is 11.5 Å². The molecule has 2 aromatic rings. The fraction of sp³-hybridized carbons (Fsp3) is 0.385. The lowest BCUT2D eigenvalue weighted by Gasteiger charge is -2.10. The quantitative estimate of drug-likeness (QED) is 0.900. The molecule has 3 rings (SSSR count). The van der Waals surface area contributed by atoms with E-state index in [1.165, 1.54) is 17.9 Å². The minimum atomic E-state index is 0.647. The fourth-order valence-electron chi connectivity index (χ4n) is 2.03. The SMILES string of the molecule is c1ccc2nc(CNC3CCSC3)cnc2c1. The van der Waals surface area contributed by atoms with Crippen LogP contribution in [0.15, 0.2) is 30.5 Å². The van der Waals surface area contributed by atoms with Crippen molar-refractivity contribution in [2.24, 2.45) is 0 Å². The van der Waals surface area contributed by atoms with Gasteiger partial charge in [-0.3, -0.25) is 4.98 Å². The average Bonchev–Trinajstić information content (AvgIpc) is 2.89. The molecular weight excluding hydrogens is 230 g/mol. The molecule has 2 heterocycles. The largest absolute Gasteiger partial charge is 0.307 e. The molecule has 4 heteroatoms. The van der Waals surface area contributed by atoms with Crippen LogP contribution in [0.4, 0.5) is 0 Å². The lowest BCUT2D eigenvalue weighted by atomic mass is 10.2. The van der Waals surface area contributed by atoms with Crippen molar-refractivity contribution in [3.05, 3.63) is 36.2 Å². The van der Waals surface area contributed by atoms with Crippen LogP contribution >= 0.6 is 11.8 Å². The van der Waals surface area contributed by atoms with Gasteiger partial charge in [-0.1, -0.05) is 12.1 Å². The molecule has 1 fully saturated rings. The predicted octanol–water partition coefficient (Wildman–Crippen LogP) is 2.22. The summed E-state index contributed by atoms with van der Waals surface area (Å²) in [6.07, 6.45) is 3.14. The molecule has 1 N–H and O–H groups in total. The zero-order valence-electron chi connectivity index (χ0n) is 9.60. The average molecular weight is 245 g/mol. The van der Waals surface area contributed by atoms with Crippen molar-refractivity contribution in [3.8, 4) is 0 Å². The van der Waals surface area contributed by atoms with Crippen molar-refractivity contribution < 1.29 is 0 Å². The van der Waals surface area contributed by atoms with Crippen LogP contribution < -0.4 is 5.32 Å². The molecule has 1 atom stereocenters. The van der Waals surface area contributed by atoms with E-state index >= 15 is 0 Å². The van der Waals surface area contributed by atoms with E-state index in [0.717, 1.165) is 23.3 Å². The zero-order chi connectivity index (χ0) is 11.5. The van der Waals surface area contributed by atoms with Gasteiger partial charge >= 0.3 is 0 Å². The maximum atomic E-state index is 4.60. The van der Waals surface area contributed by atoms with E-state index in [0.29, 0.717) is 6.04 Å². The maximum Gasteiger partial charge on any atom is 0.0890 e. The number of hydrogen-bond donors (Lipinski definition) is 1. The third-order valence-electron chi connectivity index (χ3n) is 3.00. The Labute approximate surface area is 105 Å². The molecule has 0 aliphatic carbocycles. The molecule has 0 bridgehead atoms. The third-order valence-corrected chi connectivity index (χ3v) is 4.16. The molecule has 0 amide bonds. The van der Waals surface area contributed by atoms with Crippen LogP contribution in [0.2, 0.25) is 0 Å². The third kappa shape index (κ3) is 2.58. The molecule has 1 unspecified atom stereocenters. The second kappa shape index (κ2) is 5.02. The normalized spacial score (nSPS) is 19.9. The van der Waals surface area contributed by atoms with Crippen LogP contribution in [-0.2, 0) is 6.54 Å². The zero-order valence-corrected chi connectivity index (χ0v) is 10.4. The van der Waals surface area contributed by atoms with Gasteiger partial charge in [0.2, 0.25) is 0 Å². The Kier molecular flexibility index (Phi) is 3.25. The van der Waals surface area contributed by atoms with Gasteiger partial charge in [-0.15, -0.1) is 0 Å². The molecule has 1 aliphatic heterocycles. The van der Waals surface area contributed by atoms with E-state index in [9.17, 15) is 0 Å². The topological polar surface area (TPSA) is 37.8 Å². The van der Waals surface area contributed by atoms with E-state index in [-0.39, 0.29) is 0 Å². The van der Waals surface area contributed by atoms with Gasteiger partial charge in [0.1, 0.15) is 0 Å². The summed E-state index contributed by atoms with van der Waals surface area (Å²) in [5.41, 5.74) is 2.97. The van der Waals surface area contributed by atoms with Crippen LogP contribution in [0, 0.1) is 0 Å². The highest BCUT2D eigenvalue weighted by Crippen LogP contribution is 2.17. The van der Waals surface area contributed by atoms with Gasteiger partial charge in [0.25, 0.3) is 0 Å². The summed E-state index contributed by atoms with van der Waals surface area (Å²) in [6.45, 7) is 0.822. The van der Waals surface area contributed by atoms with Crippen LogP contribution in [0.3, 0.4) is 0 Å². The molecule has 17 heavy (non-hydrogen) atoms. The van der Waals surface area contributed by atoms with Gasteiger partial charge in [0.05, 0.1) is 22.9 Å². The van der Waals surface area contributed by atoms with Crippen molar-refractivity contribution >= 4 is 22.8 Å². The second-order valence-corrected chi connectivity index (χ2v) is 5.44. The van der Waals surface area contributed by atoms with E-state index in [2.05, 4.69) is 15.3 Å². The number of para-hydroxylation sites is 2. The van der Waals surface area contributed by atoms with Crippen molar-refractivity contribution in [1.82, 2.24) is 15.3 Å². The molecule has 1 aromatic carbocycles. The number of hydrogen-bond acceptors (Lipinski definition) is 4. The number of nitrogens with one attached hydrogen (secondary N) is 1. The first-order valence-corrected chi connectivity index (χ1v) is 7.09. The minimum Gasteiger partial charge on any atom is -0.307 e. The Morgan fingerprint density at radius 2 is 2.18 bits per heavy atom. The standard InChI is InChI=1S/C13H15N3S/c1-2-4-13-12(3-1)15-8-11(16-13)7-14-10-5-6-17-9-10/h1-4,8,10,14H,5-7,9H2. The highest BCUT2D eigenvalue weighted by atomic mass is 32.2. The highest BCUT2D eigenvalue weighted by molar-refractivity contribution is 7.99.